The van der Waals surface area contributed by atoms with Crippen molar-refractivity contribution < 1.29 is 9.59 Å². The highest BCUT2D eigenvalue weighted by molar-refractivity contribution is 6.07. The standard InChI is InChI=1S/C20H19N3O2/c1-15(24)17-12-19(22(2)14-17)20(25)23(18-8-10-21-11-9-18)13-16-6-4-3-5-7-16/h3-12,14H,13H2,1-2H3. The zero-order chi connectivity index (χ0) is 17.8. The number of pyridine rings is 1. The molecule has 25 heavy (non-hydrogen) atoms. The molecule has 0 aliphatic heterocycles. The number of anilines is 1. The number of ketones is 1. The van der Waals surface area contributed by atoms with Crippen LogP contribution < -0.4 is 4.90 Å². The lowest BCUT2D eigenvalue weighted by Crippen LogP contribution is -2.31. The Kier molecular flexibility index (Phi) is 4.75. The third-order valence-electron chi connectivity index (χ3n) is 4.03. The van der Waals surface area contributed by atoms with Crippen molar-refractivity contribution in [2.24, 2.45) is 7.05 Å². The lowest BCUT2D eigenvalue weighted by atomic mass is 10.2. The molecule has 2 heterocycles. The van der Waals surface area contributed by atoms with Crippen LogP contribution in [0.15, 0.2) is 67.1 Å². The molecule has 2 aromatic heterocycles. The Morgan fingerprint density at radius 1 is 1.08 bits per heavy atom. The van der Waals surface area contributed by atoms with E-state index in [1.165, 1.54) is 6.92 Å². The molecule has 5 nitrogen and oxygen atoms in total. The van der Waals surface area contributed by atoms with Gasteiger partial charge in [0.25, 0.3) is 5.91 Å². The second-order valence-electron chi connectivity index (χ2n) is 5.86. The number of benzene rings is 1. The van der Waals surface area contributed by atoms with Crippen molar-refractivity contribution in [3.8, 4) is 0 Å². The fourth-order valence-corrected chi connectivity index (χ4v) is 2.68. The molecule has 0 aliphatic rings. The van der Waals surface area contributed by atoms with Crippen molar-refractivity contribution in [1.82, 2.24) is 9.55 Å². The zero-order valence-electron chi connectivity index (χ0n) is 14.2. The fraction of sp³-hybridized carbons (Fsp3) is 0.150. The van der Waals surface area contributed by atoms with Crippen molar-refractivity contribution in [2.75, 3.05) is 4.90 Å². The summed E-state index contributed by atoms with van der Waals surface area (Å²) in [5.41, 5.74) is 2.78. The molecule has 0 saturated carbocycles. The molecule has 0 N–H and O–H groups in total. The summed E-state index contributed by atoms with van der Waals surface area (Å²) in [6.07, 6.45) is 5.00. The summed E-state index contributed by atoms with van der Waals surface area (Å²) in [5.74, 6) is -0.224. The molecular formula is C20H19N3O2. The monoisotopic (exact) mass is 333 g/mol. The van der Waals surface area contributed by atoms with Gasteiger partial charge in [0, 0.05) is 36.9 Å². The van der Waals surface area contributed by atoms with Crippen LogP contribution in [0.5, 0.6) is 0 Å². The number of carbonyl (C=O) groups excluding carboxylic acids is 2. The van der Waals surface area contributed by atoms with Crippen molar-refractivity contribution in [3.05, 3.63) is 83.9 Å². The highest BCUT2D eigenvalue weighted by Crippen LogP contribution is 2.20. The normalized spacial score (nSPS) is 10.5. The molecule has 0 radical (unpaired) electrons. The fourth-order valence-electron chi connectivity index (χ4n) is 2.68. The van der Waals surface area contributed by atoms with Gasteiger partial charge in [-0.25, -0.2) is 0 Å². The molecule has 0 saturated heterocycles. The van der Waals surface area contributed by atoms with Crippen LogP contribution in [-0.4, -0.2) is 21.2 Å². The van der Waals surface area contributed by atoms with Gasteiger partial charge in [0.15, 0.2) is 5.78 Å². The van der Waals surface area contributed by atoms with Gasteiger partial charge in [0.2, 0.25) is 0 Å². The molecule has 126 valence electrons. The first-order valence-corrected chi connectivity index (χ1v) is 7.99. The van der Waals surface area contributed by atoms with Crippen molar-refractivity contribution >= 4 is 17.4 Å². The number of hydrogen-bond donors (Lipinski definition) is 0. The van der Waals surface area contributed by atoms with Crippen LogP contribution in [0.2, 0.25) is 0 Å². The molecule has 0 bridgehead atoms. The average molecular weight is 333 g/mol. The Morgan fingerprint density at radius 2 is 1.76 bits per heavy atom. The van der Waals surface area contributed by atoms with E-state index in [2.05, 4.69) is 4.98 Å². The van der Waals surface area contributed by atoms with Crippen LogP contribution in [0.4, 0.5) is 5.69 Å². The van der Waals surface area contributed by atoms with Crippen molar-refractivity contribution in [3.63, 3.8) is 0 Å². The van der Waals surface area contributed by atoms with Crippen LogP contribution in [0.3, 0.4) is 0 Å². The van der Waals surface area contributed by atoms with Gasteiger partial charge in [-0.05, 0) is 30.7 Å². The Bertz CT molecular complexity index is 886. The SMILES string of the molecule is CC(=O)c1cc(C(=O)N(Cc2ccccc2)c2ccncc2)n(C)c1. The maximum atomic E-state index is 13.2. The first-order chi connectivity index (χ1) is 12.1. The number of aryl methyl sites for hydroxylation is 1. The minimum absolute atomic E-state index is 0.0619. The largest absolute Gasteiger partial charge is 0.346 e. The summed E-state index contributed by atoms with van der Waals surface area (Å²) < 4.78 is 1.69. The molecule has 3 aromatic rings. The Labute approximate surface area is 146 Å². The van der Waals surface area contributed by atoms with E-state index < -0.39 is 0 Å². The molecule has 0 fully saturated rings. The minimum Gasteiger partial charge on any atom is -0.346 e. The third-order valence-corrected chi connectivity index (χ3v) is 4.03. The first-order valence-electron chi connectivity index (χ1n) is 7.99. The first kappa shape index (κ1) is 16.6. The number of Topliss-reactive ketones (excluding diaryl/α,β-unsaturated/α-hetero) is 1. The summed E-state index contributed by atoms with van der Waals surface area (Å²) in [7, 11) is 1.77. The third kappa shape index (κ3) is 3.66. The molecular weight excluding hydrogens is 314 g/mol. The number of rotatable bonds is 5. The molecule has 1 aromatic carbocycles. The number of amides is 1. The predicted molar refractivity (Wildman–Crippen MR) is 96.6 cm³/mol. The quantitative estimate of drug-likeness (QED) is 0.672. The van der Waals surface area contributed by atoms with E-state index >= 15 is 0 Å². The topological polar surface area (TPSA) is 55.2 Å². The van der Waals surface area contributed by atoms with Crippen molar-refractivity contribution in [2.45, 2.75) is 13.5 Å². The molecule has 5 heteroatoms. The second kappa shape index (κ2) is 7.13. The van der Waals surface area contributed by atoms with Gasteiger partial charge < -0.3 is 9.47 Å². The molecule has 0 aliphatic carbocycles. The van der Waals surface area contributed by atoms with Crippen LogP contribution in [-0.2, 0) is 13.6 Å². The van der Waals surface area contributed by atoms with Crippen LogP contribution in [0.1, 0.15) is 33.3 Å². The van der Waals surface area contributed by atoms with Crippen LogP contribution in [0.25, 0.3) is 0 Å². The average Bonchev–Trinajstić information content (AvgIpc) is 3.03. The summed E-state index contributed by atoms with van der Waals surface area (Å²) in [6, 6.07) is 15.0. The second-order valence-corrected chi connectivity index (χ2v) is 5.86. The highest BCUT2D eigenvalue weighted by Gasteiger charge is 2.22. The van der Waals surface area contributed by atoms with Crippen LogP contribution >= 0.6 is 0 Å². The number of carbonyl (C=O) groups is 2. The van der Waals surface area contributed by atoms with Gasteiger partial charge in [-0.15, -0.1) is 0 Å². The van der Waals surface area contributed by atoms with E-state index in [9.17, 15) is 9.59 Å². The summed E-state index contributed by atoms with van der Waals surface area (Å²) >= 11 is 0. The number of aromatic nitrogens is 2. The summed E-state index contributed by atoms with van der Waals surface area (Å²) in [5, 5.41) is 0. The van der Waals surface area contributed by atoms with E-state index in [4.69, 9.17) is 0 Å². The Hall–Kier alpha value is -3.21. The molecule has 0 unspecified atom stereocenters. The predicted octanol–water partition coefficient (Wildman–Crippen LogP) is 3.47. The summed E-state index contributed by atoms with van der Waals surface area (Å²) in [4.78, 5) is 30.5. The minimum atomic E-state index is -0.162. The van der Waals surface area contributed by atoms with E-state index in [0.29, 0.717) is 17.8 Å². The van der Waals surface area contributed by atoms with E-state index in [0.717, 1.165) is 11.3 Å². The number of hydrogen-bond acceptors (Lipinski definition) is 3. The van der Waals surface area contributed by atoms with Gasteiger partial charge in [0.1, 0.15) is 5.69 Å². The molecule has 0 spiro atoms. The highest BCUT2D eigenvalue weighted by atomic mass is 16.2. The zero-order valence-corrected chi connectivity index (χ0v) is 14.2. The maximum Gasteiger partial charge on any atom is 0.275 e. The molecule has 3 rings (SSSR count). The maximum absolute atomic E-state index is 13.2. The van der Waals surface area contributed by atoms with E-state index in [1.807, 2.05) is 30.3 Å². The number of nitrogens with zero attached hydrogens (tertiary/aromatic N) is 3. The van der Waals surface area contributed by atoms with Gasteiger partial charge >= 0.3 is 0 Å². The van der Waals surface area contributed by atoms with Gasteiger partial charge in [-0.3, -0.25) is 14.6 Å². The lowest BCUT2D eigenvalue weighted by molar-refractivity contribution is 0.0976. The molecule has 0 atom stereocenters. The smallest absolute Gasteiger partial charge is 0.275 e. The molecule has 1 amide bonds. The van der Waals surface area contributed by atoms with E-state index in [-0.39, 0.29) is 11.7 Å². The van der Waals surface area contributed by atoms with Gasteiger partial charge in [0.05, 0.1) is 6.54 Å². The van der Waals surface area contributed by atoms with Crippen molar-refractivity contribution in [1.29, 1.82) is 0 Å². The van der Waals surface area contributed by atoms with Gasteiger partial charge in [-0.1, -0.05) is 30.3 Å². The Morgan fingerprint density at radius 3 is 2.36 bits per heavy atom. The van der Waals surface area contributed by atoms with Gasteiger partial charge in [-0.2, -0.15) is 0 Å². The lowest BCUT2D eigenvalue weighted by Gasteiger charge is -2.23. The van der Waals surface area contributed by atoms with Crippen LogP contribution in [0, 0.1) is 0 Å². The Balaban J connectivity index is 1.99. The summed E-state index contributed by atoms with van der Waals surface area (Å²) in [6.45, 7) is 1.93. The van der Waals surface area contributed by atoms with E-state index in [1.54, 1.807) is 53.3 Å².